The number of methoxy groups -OCH3 is 1. The van der Waals surface area contributed by atoms with Gasteiger partial charge in [-0.3, -0.25) is 24.5 Å². The molecule has 1 spiro atoms. The van der Waals surface area contributed by atoms with Crippen molar-refractivity contribution in [2.75, 3.05) is 17.3 Å². The second-order valence-electron chi connectivity index (χ2n) is 10.8. The Morgan fingerprint density at radius 3 is 2.42 bits per heavy atom. The molecule has 1 fully saturated rings. The Morgan fingerprint density at radius 1 is 0.907 bits per heavy atom. The summed E-state index contributed by atoms with van der Waals surface area (Å²) in [5.41, 5.74) is 1.42. The Morgan fingerprint density at radius 2 is 1.65 bits per heavy atom. The van der Waals surface area contributed by atoms with Gasteiger partial charge in [-0.1, -0.05) is 60.7 Å². The highest BCUT2D eigenvalue weighted by Crippen LogP contribution is 2.58. The number of hydrogen-bond donors (Lipinski definition) is 1. The number of anilines is 2. The number of carbonyl (C=O) groups is 3. The van der Waals surface area contributed by atoms with E-state index in [1.54, 1.807) is 30.3 Å². The van der Waals surface area contributed by atoms with Crippen molar-refractivity contribution < 1.29 is 24.0 Å². The molecule has 1 N–H and O–H groups in total. The van der Waals surface area contributed by atoms with Crippen molar-refractivity contribution in [1.82, 2.24) is 0 Å². The highest BCUT2D eigenvalue weighted by atomic mass is 16.6. The van der Waals surface area contributed by atoms with Gasteiger partial charge in [-0.2, -0.15) is 0 Å². The van der Waals surface area contributed by atoms with Crippen LogP contribution in [-0.2, 0) is 10.2 Å². The number of fused-ring (bicyclic) bond motifs is 6. The van der Waals surface area contributed by atoms with Crippen molar-refractivity contribution in [1.29, 1.82) is 0 Å². The first kappa shape index (κ1) is 26.3. The summed E-state index contributed by atoms with van der Waals surface area (Å²) in [7, 11) is 1.53. The maximum atomic E-state index is 14.8. The largest absolute Gasteiger partial charge is 0.497 e. The number of hydrogen-bond acceptors (Lipinski definition) is 7. The summed E-state index contributed by atoms with van der Waals surface area (Å²) in [6.45, 7) is 0. The Balaban J connectivity index is 1.52. The van der Waals surface area contributed by atoms with Crippen LogP contribution in [0.15, 0.2) is 103 Å². The molecule has 212 valence electrons. The van der Waals surface area contributed by atoms with E-state index in [0.29, 0.717) is 28.3 Å². The van der Waals surface area contributed by atoms with E-state index < -0.39 is 39.9 Å². The van der Waals surface area contributed by atoms with E-state index >= 15 is 0 Å². The molecule has 0 saturated carbocycles. The van der Waals surface area contributed by atoms with Crippen LogP contribution >= 0.6 is 0 Å². The van der Waals surface area contributed by atoms with E-state index in [9.17, 15) is 24.5 Å². The molecule has 43 heavy (non-hydrogen) atoms. The van der Waals surface area contributed by atoms with E-state index in [1.807, 2.05) is 59.5 Å². The minimum atomic E-state index is -1.47. The minimum Gasteiger partial charge on any atom is -0.497 e. The van der Waals surface area contributed by atoms with Crippen molar-refractivity contribution in [3.8, 4) is 5.75 Å². The monoisotopic (exact) mass is 571 g/mol. The molecule has 1 amide bonds. The predicted octanol–water partition coefficient (Wildman–Crippen LogP) is 5.46. The Hall–Kier alpha value is -5.57. The number of ether oxygens (including phenoxy) is 1. The van der Waals surface area contributed by atoms with Gasteiger partial charge in [0, 0.05) is 34.6 Å². The zero-order valence-electron chi connectivity index (χ0n) is 23.0. The van der Waals surface area contributed by atoms with E-state index in [-0.39, 0.29) is 17.2 Å². The van der Waals surface area contributed by atoms with Gasteiger partial charge in [0.2, 0.25) is 5.91 Å². The number of carbonyl (C=O) groups excluding carboxylic acids is 3. The molecule has 3 heterocycles. The molecular weight excluding hydrogens is 546 g/mol. The second-order valence-corrected chi connectivity index (χ2v) is 10.8. The van der Waals surface area contributed by atoms with Crippen LogP contribution in [0.2, 0.25) is 0 Å². The van der Waals surface area contributed by atoms with Crippen LogP contribution in [0.5, 0.6) is 5.75 Å². The molecule has 3 aliphatic rings. The number of ketones is 2. The molecule has 3 aliphatic heterocycles. The quantitative estimate of drug-likeness (QED) is 0.185. The second kappa shape index (κ2) is 9.77. The standard InChI is InChI=1S/C34H25N3O6/c1-43-24-16-13-21(14-17-24)31(38)29-30(32(39)22-8-6-9-23(19-22)37(41)42)36-27-12-5-2-7-20(27)15-18-28(36)34(29)25-10-3-4-11-26(25)35-33(34)40/h2-19,28-30H,1H3,(H,35,40)/t28-,29+,30+,34-/m1/s1. The zero-order chi connectivity index (χ0) is 29.9. The van der Waals surface area contributed by atoms with Gasteiger partial charge in [0.15, 0.2) is 11.6 Å². The first-order valence-electron chi connectivity index (χ1n) is 13.8. The molecule has 4 atom stereocenters. The van der Waals surface area contributed by atoms with Crippen molar-refractivity contribution in [2.24, 2.45) is 5.92 Å². The number of nitro benzene ring substituents is 1. The number of rotatable bonds is 6. The molecule has 9 nitrogen and oxygen atoms in total. The van der Waals surface area contributed by atoms with Gasteiger partial charge in [-0.15, -0.1) is 0 Å². The first-order chi connectivity index (χ1) is 20.9. The number of nitrogens with zero attached hydrogens (tertiary/aromatic N) is 2. The summed E-state index contributed by atoms with van der Waals surface area (Å²) in [5.74, 6) is -1.88. The van der Waals surface area contributed by atoms with E-state index in [2.05, 4.69) is 5.32 Å². The molecule has 0 unspecified atom stereocenters. The lowest BCUT2D eigenvalue weighted by Crippen LogP contribution is -2.51. The Bertz CT molecular complexity index is 1870. The topological polar surface area (TPSA) is 119 Å². The summed E-state index contributed by atoms with van der Waals surface area (Å²) < 4.78 is 5.29. The van der Waals surface area contributed by atoms with Crippen LogP contribution in [-0.4, -0.2) is 41.6 Å². The summed E-state index contributed by atoms with van der Waals surface area (Å²) in [5, 5.41) is 14.6. The fourth-order valence-electron chi connectivity index (χ4n) is 7.00. The minimum absolute atomic E-state index is 0.0845. The average Bonchev–Trinajstić information content (AvgIpc) is 3.52. The van der Waals surface area contributed by atoms with Crippen LogP contribution in [0.4, 0.5) is 17.1 Å². The molecule has 0 bridgehead atoms. The Labute approximate surface area is 246 Å². The normalized spacial score (nSPS) is 22.9. The number of nitrogens with one attached hydrogen (secondary N) is 1. The number of nitro groups is 1. The van der Waals surface area contributed by atoms with Gasteiger partial charge < -0.3 is 15.0 Å². The van der Waals surface area contributed by atoms with Crippen molar-refractivity contribution in [3.05, 3.63) is 136 Å². The van der Waals surface area contributed by atoms with E-state index in [1.165, 1.54) is 31.4 Å². The van der Waals surface area contributed by atoms with Gasteiger partial charge >= 0.3 is 0 Å². The molecule has 4 aromatic rings. The third-order valence-corrected chi connectivity index (χ3v) is 8.81. The molecule has 1 saturated heterocycles. The van der Waals surface area contributed by atoms with Gasteiger partial charge in [0.1, 0.15) is 17.2 Å². The molecule has 9 heteroatoms. The van der Waals surface area contributed by atoms with E-state index in [4.69, 9.17) is 4.74 Å². The SMILES string of the molecule is COc1ccc(C(=O)[C@@H]2[C@@H](C(=O)c3cccc([N+](=O)[O-])c3)N3c4ccccc4C=C[C@@H]3[C@@]23C(=O)Nc2ccccc23)cc1. The third kappa shape index (κ3) is 3.74. The van der Waals surface area contributed by atoms with Gasteiger partial charge in [0.05, 0.1) is 24.0 Å². The van der Waals surface area contributed by atoms with Gasteiger partial charge in [-0.05, 0) is 47.5 Å². The smallest absolute Gasteiger partial charge is 0.270 e. The molecular formula is C34H25N3O6. The highest BCUT2D eigenvalue weighted by molar-refractivity contribution is 6.18. The number of amides is 1. The van der Waals surface area contributed by atoms with Gasteiger partial charge in [0.25, 0.3) is 5.69 Å². The number of Topliss-reactive ketones (excluding diaryl/α,β-unsaturated/α-hetero) is 2. The number of non-ortho nitro benzene ring substituents is 1. The zero-order valence-corrected chi connectivity index (χ0v) is 23.0. The van der Waals surface area contributed by atoms with Crippen molar-refractivity contribution in [2.45, 2.75) is 17.5 Å². The molecule has 4 aromatic carbocycles. The lowest BCUT2D eigenvalue weighted by atomic mass is 9.64. The van der Waals surface area contributed by atoms with Crippen LogP contribution in [0.1, 0.15) is 31.8 Å². The van der Waals surface area contributed by atoms with Crippen molar-refractivity contribution >= 4 is 40.6 Å². The molecule has 0 aliphatic carbocycles. The fraction of sp³-hybridized carbons (Fsp3) is 0.147. The van der Waals surface area contributed by atoms with Crippen LogP contribution < -0.4 is 15.0 Å². The van der Waals surface area contributed by atoms with Crippen molar-refractivity contribution in [3.63, 3.8) is 0 Å². The lowest BCUT2D eigenvalue weighted by molar-refractivity contribution is -0.384. The maximum Gasteiger partial charge on any atom is 0.270 e. The number of para-hydroxylation sites is 2. The predicted molar refractivity (Wildman–Crippen MR) is 161 cm³/mol. The van der Waals surface area contributed by atoms with Crippen LogP contribution in [0.3, 0.4) is 0 Å². The lowest BCUT2D eigenvalue weighted by Gasteiger charge is -2.37. The summed E-state index contributed by atoms with van der Waals surface area (Å²) >= 11 is 0. The van der Waals surface area contributed by atoms with Gasteiger partial charge in [-0.25, -0.2) is 0 Å². The van der Waals surface area contributed by atoms with Crippen LogP contribution in [0.25, 0.3) is 6.08 Å². The summed E-state index contributed by atoms with van der Waals surface area (Å²) in [6, 6.07) is 25.0. The summed E-state index contributed by atoms with van der Waals surface area (Å²) in [4.78, 5) is 56.8. The third-order valence-electron chi connectivity index (χ3n) is 8.81. The molecule has 0 radical (unpaired) electrons. The highest BCUT2D eigenvalue weighted by Gasteiger charge is 2.70. The number of benzene rings is 4. The fourth-order valence-corrected chi connectivity index (χ4v) is 7.00. The first-order valence-corrected chi connectivity index (χ1v) is 13.8. The summed E-state index contributed by atoms with van der Waals surface area (Å²) in [6.07, 6.45) is 3.81. The van der Waals surface area contributed by atoms with Crippen LogP contribution in [0, 0.1) is 16.0 Å². The van der Waals surface area contributed by atoms with E-state index in [0.717, 1.165) is 5.56 Å². The maximum absolute atomic E-state index is 14.8. The molecule has 0 aromatic heterocycles. The average molecular weight is 572 g/mol. The molecule has 7 rings (SSSR count). The Kier molecular flexibility index (Phi) is 5.98.